The van der Waals surface area contributed by atoms with E-state index in [2.05, 4.69) is 20.8 Å². The Bertz CT molecular complexity index is 1230. The molecule has 4 rings (SSSR count). The maximum Gasteiger partial charge on any atom is 0.225 e. The molecule has 0 atom stereocenters. The number of nitrogens with one attached hydrogen (secondary N) is 2. The van der Waals surface area contributed by atoms with Crippen LogP contribution < -0.4 is 15.4 Å². The van der Waals surface area contributed by atoms with Gasteiger partial charge in [0.25, 0.3) is 0 Å². The van der Waals surface area contributed by atoms with Crippen LogP contribution >= 0.6 is 23.4 Å². The number of halogens is 1. The second kappa shape index (κ2) is 12.3. The Hall–Kier alpha value is -3.49. The Morgan fingerprint density at radius 1 is 0.971 bits per heavy atom. The van der Waals surface area contributed by atoms with Gasteiger partial charge in [-0.05, 0) is 67.6 Å². The van der Waals surface area contributed by atoms with Gasteiger partial charge in [0, 0.05) is 34.3 Å². The molecule has 0 aliphatic carbocycles. The molecule has 0 radical (unpaired) electrons. The van der Waals surface area contributed by atoms with E-state index in [1.807, 2.05) is 90.4 Å². The molecule has 0 bridgehead atoms. The minimum atomic E-state index is -0.0583. The van der Waals surface area contributed by atoms with E-state index in [0.29, 0.717) is 30.3 Å². The summed E-state index contributed by atoms with van der Waals surface area (Å²) in [6.45, 7) is 3.03. The average Bonchev–Trinajstić information content (AvgIpc) is 3.28. The molecule has 180 valence electrons. The van der Waals surface area contributed by atoms with Crippen LogP contribution in [0.3, 0.4) is 0 Å². The number of amides is 1. The van der Waals surface area contributed by atoms with Crippen LogP contribution in [0.5, 0.6) is 5.75 Å². The monoisotopic (exact) mass is 507 g/mol. The molecule has 9 heteroatoms. The summed E-state index contributed by atoms with van der Waals surface area (Å²) in [6.07, 6.45) is 0.345. The van der Waals surface area contributed by atoms with E-state index in [1.54, 1.807) is 0 Å². The van der Waals surface area contributed by atoms with Crippen molar-refractivity contribution in [2.24, 2.45) is 0 Å². The lowest BCUT2D eigenvalue weighted by molar-refractivity contribution is -0.115. The van der Waals surface area contributed by atoms with E-state index in [4.69, 9.17) is 16.3 Å². The van der Waals surface area contributed by atoms with Crippen LogP contribution in [-0.2, 0) is 11.3 Å². The van der Waals surface area contributed by atoms with Crippen LogP contribution in [0.4, 0.5) is 11.4 Å². The molecule has 1 amide bonds. The molecule has 7 nitrogen and oxygen atoms in total. The van der Waals surface area contributed by atoms with Gasteiger partial charge in [-0.3, -0.25) is 9.36 Å². The first-order chi connectivity index (χ1) is 17.1. The smallest absolute Gasteiger partial charge is 0.225 e. The molecule has 2 N–H and O–H groups in total. The van der Waals surface area contributed by atoms with Crippen LogP contribution in [0.2, 0.25) is 5.02 Å². The molecule has 0 aliphatic heterocycles. The molecular weight excluding hydrogens is 482 g/mol. The van der Waals surface area contributed by atoms with Crippen molar-refractivity contribution in [3.8, 4) is 11.4 Å². The molecule has 3 aromatic carbocycles. The topological polar surface area (TPSA) is 81.1 Å². The highest BCUT2D eigenvalue weighted by atomic mass is 35.5. The zero-order valence-corrected chi connectivity index (χ0v) is 20.9. The lowest BCUT2D eigenvalue weighted by Crippen LogP contribution is -2.12. The summed E-state index contributed by atoms with van der Waals surface area (Å²) in [6, 6.07) is 24.8. The summed E-state index contributed by atoms with van der Waals surface area (Å²) in [5.41, 5.74) is 2.65. The van der Waals surface area contributed by atoms with E-state index >= 15 is 0 Å². The van der Waals surface area contributed by atoms with Gasteiger partial charge in [0.1, 0.15) is 5.75 Å². The Morgan fingerprint density at radius 3 is 2.40 bits per heavy atom. The summed E-state index contributed by atoms with van der Waals surface area (Å²) >= 11 is 7.48. The molecule has 0 unspecified atom stereocenters. The number of rotatable bonds is 11. The average molecular weight is 508 g/mol. The second-order valence-corrected chi connectivity index (χ2v) is 9.03. The number of benzene rings is 3. The van der Waals surface area contributed by atoms with Crippen molar-refractivity contribution >= 4 is 40.6 Å². The molecule has 0 spiro atoms. The molecule has 0 saturated heterocycles. The van der Waals surface area contributed by atoms with Gasteiger partial charge in [-0.2, -0.15) is 0 Å². The summed E-state index contributed by atoms with van der Waals surface area (Å²) in [5, 5.41) is 16.5. The summed E-state index contributed by atoms with van der Waals surface area (Å²) < 4.78 is 7.45. The number of nitrogens with zero attached hydrogens (tertiary/aromatic N) is 3. The Balaban J connectivity index is 1.38. The molecular formula is C26H26ClN5O2S. The standard InChI is InChI=1S/C26H26ClN5O2S/c1-2-34-23-14-12-21(13-15-23)29-25(33)16-17-35-26-31-30-24(32(26)22-6-4-3-5-7-22)18-28-20-10-8-19(27)9-11-20/h3-15,28H,2,16-18H2,1H3,(H,29,33). The highest BCUT2D eigenvalue weighted by Crippen LogP contribution is 2.24. The van der Waals surface area contributed by atoms with Crippen molar-refractivity contribution in [1.82, 2.24) is 14.8 Å². The fourth-order valence-corrected chi connectivity index (χ4v) is 4.39. The lowest BCUT2D eigenvalue weighted by atomic mass is 10.3. The highest BCUT2D eigenvalue weighted by Gasteiger charge is 2.15. The Morgan fingerprint density at radius 2 is 1.69 bits per heavy atom. The lowest BCUT2D eigenvalue weighted by Gasteiger charge is -2.11. The van der Waals surface area contributed by atoms with Gasteiger partial charge in [0.2, 0.25) is 5.91 Å². The van der Waals surface area contributed by atoms with Crippen molar-refractivity contribution in [3.63, 3.8) is 0 Å². The molecule has 1 aromatic heterocycles. The maximum absolute atomic E-state index is 12.4. The van der Waals surface area contributed by atoms with E-state index in [9.17, 15) is 4.79 Å². The number of hydrogen-bond acceptors (Lipinski definition) is 6. The molecule has 0 saturated carbocycles. The molecule has 1 heterocycles. The number of para-hydroxylation sites is 1. The van der Waals surface area contributed by atoms with Gasteiger partial charge in [0.05, 0.1) is 13.2 Å². The first-order valence-corrected chi connectivity index (χ1v) is 12.6. The third-order valence-electron chi connectivity index (χ3n) is 5.02. The molecule has 4 aromatic rings. The van der Waals surface area contributed by atoms with Crippen LogP contribution in [0.1, 0.15) is 19.2 Å². The third-order valence-corrected chi connectivity index (χ3v) is 6.20. The van der Waals surface area contributed by atoms with Gasteiger partial charge < -0.3 is 15.4 Å². The van der Waals surface area contributed by atoms with Crippen molar-refractivity contribution < 1.29 is 9.53 Å². The fraction of sp³-hybridized carbons (Fsp3) is 0.192. The number of hydrogen-bond donors (Lipinski definition) is 2. The van der Waals surface area contributed by atoms with E-state index < -0.39 is 0 Å². The summed E-state index contributed by atoms with van der Waals surface area (Å²) in [5.74, 6) is 2.06. The third kappa shape index (κ3) is 7.00. The van der Waals surface area contributed by atoms with Crippen molar-refractivity contribution in [1.29, 1.82) is 0 Å². The Kier molecular flexibility index (Phi) is 8.64. The molecule has 35 heavy (non-hydrogen) atoms. The maximum atomic E-state index is 12.4. The zero-order valence-electron chi connectivity index (χ0n) is 19.3. The predicted octanol–water partition coefficient (Wildman–Crippen LogP) is 6.05. The summed E-state index contributed by atoms with van der Waals surface area (Å²) in [4.78, 5) is 12.4. The SMILES string of the molecule is CCOc1ccc(NC(=O)CCSc2nnc(CNc3ccc(Cl)cc3)n2-c2ccccc2)cc1. The number of ether oxygens (including phenoxy) is 1. The quantitative estimate of drug-likeness (QED) is 0.240. The number of aromatic nitrogens is 3. The zero-order chi connectivity index (χ0) is 24.5. The van der Waals surface area contributed by atoms with Crippen LogP contribution in [-0.4, -0.2) is 33.0 Å². The predicted molar refractivity (Wildman–Crippen MR) is 142 cm³/mol. The van der Waals surface area contributed by atoms with Crippen LogP contribution in [0.25, 0.3) is 5.69 Å². The second-order valence-electron chi connectivity index (χ2n) is 7.53. The van der Waals surface area contributed by atoms with E-state index in [1.165, 1.54) is 11.8 Å². The first kappa shape index (κ1) is 24.6. The largest absolute Gasteiger partial charge is 0.494 e. The minimum absolute atomic E-state index is 0.0583. The number of carbonyl (C=O) groups is 1. The number of anilines is 2. The van der Waals surface area contributed by atoms with Gasteiger partial charge in [-0.15, -0.1) is 10.2 Å². The van der Waals surface area contributed by atoms with Crippen molar-refractivity contribution in [3.05, 3.63) is 89.7 Å². The molecule has 0 fully saturated rings. The molecule has 0 aliphatic rings. The van der Waals surface area contributed by atoms with E-state index in [-0.39, 0.29) is 5.91 Å². The normalized spacial score (nSPS) is 10.7. The summed E-state index contributed by atoms with van der Waals surface area (Å²) in [7, 11) is 0. The van der Waals surface area contributed by atoms with Gasteiger partial charge >= 0.3 is 0 Å². The van der Waals surface area contributed by atoms with Gasteiger partial charge in [0.15, 0.2) is 11.0 Å². The van der Waals surface area contributed by atoms with Gasteiger partial charge in [-0.1, -0.05) is 41.6 Å². The van der Waals surface area contributed by atoms with E-state index in [0.717, 1.165) is 33.8 Å². The van der Waals surface area contributed by atoms with Crippen LogP contribution in [0.15, 0.2) is 84.0 Å². The van der Waals surface area contributed by atoms with Gasteiger partial charge in [-0.25, -0.2) is 0 Å². The van der Waals surface area contributed by atoms with Crippen molar-refractivity contribution in [2.75, 3.05) is 23.0 Å². The number of thioether (sulfide) groups is 1. The highest BCUT2D eigenvalue weighted by molar-refractivity contribution is 7.99. The van der Waals surface area contributed by atoms with Crippen LogP contribution in [0, 0.1) is 0 Å². The first-order valence-electron chi connectivity index (χ1n) is 11.3. The van der Waals surface area contributed by atoms with Crippen molar-refractivity contribution in [2.45, 2.75) is 25.0 Å². The fourth-order valence-electron chi connectivity index (χ4n) is 3.35. The number of carbonyl (C=O) groups excluding carboxylic acids is 1. The minimum Gasteiger partial charge on any atom is -0.494 e. The Labute approximate surface area is 213 Å².